The molecule has 4 rings (SSSR count). The summed E-state index contributed by atoms with van der Waals surface area (Å²) >= 11 is 6.13. The Morgan fingerprint density at radius 1 is 1.06 bits per heavy atom. The van der Waals surface area contributed by atoms with Gasteiger partial charge in [-0.25, -0.2) is 9.97 Å². The van der Waals surface area contributed by atoms with Crippen LogP contribution in [0.1, 0.15) is 12.6 Å². The molecule has 0 atom stereocenters. The monoisotopic (exact) mass is 436 g/mol. The fourth-order valence-electron chi connectivity index (χ4n) is 3.53. The molecule has 0 unspecified atom stereocenters. The van der Waals surface area contributed by atoms with Crippen molar-refractivity contribution in [2.75, 3.05) is 42.9 Å². The first-order valence-corrected chi connectivity index (χ1v) is 10.8. The number of hydrogen-bond acceptors (Lipinski definition) is 6. The first kappa shape index (κ1) is 21.2. The number of amides is 1. The number of carbonyl (C=O) groups excluding carboxylic acids is 1. The number of halogens is 1. The van der Waals surface area contributed by atoms with E-state index in [0.717, 1.165) is 49.8 Å². The average Bonchev–Trinajstić information content (AvgIpc) is 2.81. The number of anilines is 2. The summed E-state index contributed by atoms with van der Waals surface area (Å²) in [6, 6.07) is 15.1. The molecule has 0 radical (unpaired) electrons. The highest BCUT2D eigenvalue weighted by Gasteiger charge is 2.21. The molecule has 0 aliphatic carbocycles. The first-order valence-electron chi connectivity index (χ1n) is 10.4. The van der Waals surface area contributed by atoms with E-state index in [0.29, 0.717) is 23.1 Å². The van der Waals surface area contributed by atoms with Crippen molar-refractivity contribution in [2.24, 2.45) is 0 Å². The van der Waals surface area contributed by atoms with E-state index in [-0.39, 0.29) is 5.91 Å². The van der Waals surface area contributed by atoms with Gasteiger partial charge in [-0.15, -0.1) is 0 Å². The predicted molar refractivity (Wildman–Crippen MR) is 123 cm³/mol. The van der Waals surface area contributed by atoms with Gasteiger partial charge in [-0.3, -0.25) is 14.7 Å². The minimum absolute atomic E-state index is 0.0608. The van der Waals surface area contributed by atoms with Gasteiger partial charge in [-0.2, -0.15) is 0 Å². The molecule has 2 aromatic heterocycles. The van der Waals surface area contributed by atoms with Gasteiger partial charge >= 0.3 is 0 Å². The normalized spacial score (nSPS) is 14.5. The Kier molecular flexibility index (Phi) is 6.74. The molecule has 0 saturated carbocycles. The summed E-state index contributed by atoms with van der Waals surface area (Å²) in [5, 5.41) is 3.43. The van der Waals surface area contributed by atoms with Gasteiger partial charge in [0.25, 0.3) is 0 Å². The summed E-state index contributed by atoms with van der Waals surface area (Å²) < 4.78 is 0. The lowest BCUT2D eigenvalue weighted by Gasteiger charge is -2.35. The maximum absolute atomic E-state index is 12.4. The molecular weight excluding hydrogens is 412 g/mol. The lowest BCUT2D eigenvalue weighted by molar-refractivity contribution is -0.117. The number of rotatable bonds is 6. The van der Waals surface area contributed by atoms with Crippen LogP contribution in [0.15, 0.2) is 54.7 Å². The lowest BCUT2D eigenvalue weighted by atomic mass is 10.2. The molecular formula is C23H25ClN6O. The van der Waals surface area contributed by atoms with Gasteiger partial charge < -0.3 is 10.2 Å². The van der Waals surface area contributed by atoms with Crippen molar-refractivity contribution in [3.05, 3.63) is 65.4 Å². The zero-order chi connectivity index (χ0) is 21.6. The van der Waals surface area contributed by atoms with Gasteiger partial charge in [-0.1, -0.05) is 36.7 Å². The fourth-order valence-corrected chi connectivity index (χ4v) is 3.71. The fraction of sp³-hybridized carbons (Fsp3) is 0.304. The number of benzene rings is 1. The van der Waals surface area contributed by atoms with Crippen molar-refractivity contribution in [1.29, 1.82) is 0 Å². The van der Waals surface area contributed by atoms with E-state index < -0.39 is 0 Å². The highest BCUT2D eigenvalue weighted by molar-refractivity contribution is 6.33. The third-order valence-corrected chi connectivity index (χ3v) is 5.56. The number of nitrogens with one attached hydrogen (secondary N) is 1. The van der Waals surface area contributed by atoms with E-state index in [1.165, 1.54) is 0 Å². The summed E-state index contributed by atoms with van der Waals surface area (Å²) in [4.78, 5) is 30.6. The molecule has 3 heterocycles. The molecule has 8 heteroatoms. The third kappa shape index (κ3) is 5.37. The molecule has 1 saturated heterocycles. The van der Waals surface area contributed by atoms with E-state index in [9.17, 15) is 4.79 Å². The van der Waals surface area contributed by atoms with Crippen molar-refractivity contribution >= 4 is 29.0 Å². The Bertz CT molecular complexity index is 1040. The molecule has 1 amide bonds. The van der Waals surface area contributed by atoms with E-state index in [4.69, 9.17) is 16.6 Å². The molecule has 1 aliphatic heterocycles. The number of piperazine rings is 1. The van der Waals surface area contributed by atoms with Crippen molar-refractivity contribution in [1.82, 2.24) is 19.9 Å². The molecule has 1 N–H and O–H groups in total. The van der Waals surface area contributed by atoms with Crippen LogP contribution in [0.25, 0.3) is 11.5 Å². The number of carbonyl (C=O) groups is 1. The number of pyridine rings is 1. The summed E-state index contributed by atoms with van der Waals surface area (Å²) in [7, 11) is 0. The van der Waals surface area contributed by atoms with Crippen LogP contribution in [0.2, 0.25) is 5.02 Å². The Hall–Kier alpha value is -3.03. The number of aryl methyl sites for hydroxylation is 1. The van der Waals surface area contributed by atoms with Crippen molar-refractivity contribution < 1.29 is 4.79 Å². The highest BCUT2D eigenvalue weighted by Crippen LogP contribution is 2.22. The predicted octanol–water partition coefficient (Wildman–Crippen LogP) is 3.52. The second-order valence-electron chi connectivity index (χ2n) is 7.40. The van der Waals surface area contributed by atoms with Crippen LogP contribution < -0.4 is 10.2 Å². The lowest BCUT2D eigenvalue weighted by Crippen LogP contribution is -2.49. The SMILES string of the molecule is CCc1cc(N2CCN(CC(=O)Nc3ccccc3Cl)CC2)nc(-c2ccccn2)n1. The Morgan fingerprint density at radius 2 is 1.84 bits per heavy atom. The highest BCUT2D eigenvalue weighted by atomic mass is 35.5. The third-order valence-electron chi connectivity index (χ3n) is 5.23. The minimum atomic E-state index is -0.0608. The zero-order valence-electron chi connectivity index (χ0n) is 17.5. The van der Waals surface area contributed by atoms with Gasteiger partial charge in [0.1, 0.15) is 11.5 Å². The van der Waals surface area contributed by atoms with Gasteiger partial charge in [0.05, 0.1) is 17.3 Å². The largest absolute Gasteiger partial charge is 0.354 e. The topological polar surface area (TPSA) is 74.2 Å². The number of hydrogen-bond donors (Lipinski definition) is 1. The van der Waals surface area contributed by atoms with Crippen LogP contribution in [-0.4, -0.2) is 58.5 Å². The van der Waals surface area contributed by atoms with Gasteiger partial charge in [0.2, 0.25) is 5.91 Å². The Labute approximate surface area is 187 Å². The molecule has 1 fully saturated rings. The van der Waals surface area contributed by atoms with Gasteiger partial charge in [-0.05, 0) is 30.7 Å². The molecule has 7 nitrogen and oxygen atoms in total. The van der Waals surface area contributed by atoms with Crippen LogP contribution in [0.5, 0.6) is 0 Å². The van der Waals surface area contributed by atoms with Crippen LogP contribution in [0, 0.1) is 0 Å². The summed E-state index contributed by atoms with van der Waals surface area (Å²) in [6.07, 6.45) is 2.58. The Balaban J connectivity index is 1.38. The number of nitrogens with zero attached hydrogens (tertiary/aromatic N) is 5. The second kappa shape index (κ2) is 9.85. The molecule has 160 valence electrons. The summed E-state index contributed by atoms with van der Waals surface area (Å²) in [5.74, 6) is 1.50. The van der Waals surface area contributed by atoms with E-state index in [1.807, 2.05) is 36.4 Å². The summed E-state index contributed by atoms with van der Waals surface area (Å²) in [6.45, 7) is 5.56. The molecule has 31 heavy (non-hydrogen) atoms. The standard InChI is InChI=1S/C23H25ClN6O/c1-2-17-15-21(28-23(26-17)20-9-5-6-10-25-20)30-13-11-29(12-14-30)16-22(31)27-19-8-4-3-7-18(19)24/h3-10,15H,2,11-14,16H2,1H3,(H,27,31). The second-order valence-corrected chi connectivity index (χ2v) is 7.81. The minimum Gasteiger partial charge on any atom is -0.354 e. The van der Waals surface area contributed by atoms with Crippen molar-refractivity contribution in [2.45, 2.75) is 13.3 Å². The van der Waals surface area contributed by atoms with Crippen LogP contribution >= 0.6 is 11.6 Å². The van der Waals surface area contributed by atoms with E-state index in [1.54, 1.807) is 18.3 Å². The Morgan fingerprint density at radius 3 is 2.55 bits per heavy atom. The number of aromatic nitrogens is 3. The molecule has 0 spiro atoms. The van der Waals surface area contributed by atoms with Gasteiger partial charge in [0.15, 0.2) is 5.82 Å². The number of para-hydroxylation sites is 1. The van der Waals surface area contributed by atoms with Crippen molar-refractivity contribution in [3.8, 4) is 11.5 Å². The maximum Gasteiger partial charge on any atom is 0.238 e. The smallest absolute Gasteiger partial charge is 0.238 e. The van der Waals surface area contributed by atoms with Crippen molar-refractivity contribution in [3.63, 3.8) is 0 Å². The average molecular weight is 437 g/mol. The molecule has 1 aliphatic rings. The molecule has 3 aromatic rings. The van der Waals surface area contributed by atoms with Crippen LogP contribution in [0.4, 0.5) is 11.5 Å². The van der Waals surface area contributed by atoms with E-state index in [2.05, 4.69) is 32.0 Å². The summed E-state index contributed by atoms with van der Waals surface area (Å²) in [5.41, 5.74) is 2.41. The van der Waals surface area contributed by atoms with E-state index >= 15 is 0 Å². The van der Waals surface area contributed by atoms with Gasteiger partial charge in [0, 0.05) is 44.1 Å². The van der Waals surface area contributed by atoms with Crippen LogP contribution in [0.3, 0.4) is 0 Å². The molecule has 1 aromatic carbocycles. The zero-order valence-corrected chi connectivity index (χ0v) is 18.2. The maximum atomic E-state index is 12.4. The van der Waals surface area contributed by atoms with Crippen LogP contribution in [-0.2, 0) is 11.2 Å². The first-order chi connectivity index (χ1) is 15.1. The quantitative estimate of drug-likeness (QED) is 0.637. The molecule has 0 bridgehead atoms.